The van der Waals surface area contributed by atoms with Crippen LogP contribution < -0.4 is 4.90 Å². The number of amides is 1. The van der Waals surface area contributed by atoms with Gasteiger partial charge in [-0.15, -0.1) is 0 Å². The molecule has 106 valence electrons. The summed E-state index contributed by atoms with van der Waals surface area (Å²) in [6, 6.07) is 9.08. The van der Waals surface area contributed by atoms with Crippen LogP contribution in [0.2, 0.25) is 5.02 Å². The van der Waals surface area contributed by atoms with Gasteiger partial charge in [0.2, 0.25) is 0 Å². The molecule has 2 aromatic rings. The topological polar surface area (TPSA) is 36.1 Å². The van der Waals surface area contributed by atoms with Gasteiger partial charge < -0.3 is 4.98 Å². The van der Waals surface area contributed by atoms with Crippen molar-refractivity contribution in [2.24, 2.45) is 0 Å². The normalized spacial score (nSPS) is 17.0. The van der Waals surface area contributed by atoms with Gasteiger partial charge in [-0.05, 0) is 52.3 Å². The number of aromatic nitrogens is 1. The van der Waals surface area contributed by atoms with Crippen molar-refractivity contribution >= 4 is 73.5 Å². The van der Waals surface area contributed by atoms with Crippen molar-refractivity contribution in [3.05, 3.63) is 56.6 Å². The van der Waals surface area contributed by atoms with Gasteiger partial charge in [-0.25, -0.2) is 0 Å². The molecule has 21 heavy (non-hydrogen) atoms. The Labute approximate surface area is 144 Å². The van der Waals surface area contributed by atoms with Crippen molar-refractivity contribution in [1.29, 1.82) is 0 Å². The number of halogens is 2. The minimum Gasteiger partial charge on any atom is -0.362 e. The first kappa shape index (κ1) is 14.8. The standard InChI is InChI=1S/C14H8BrClN2OS2/c15-10-4-3-9(7-11(10)16)18-13(19)12(21-14(18)20)6-8-2-1-5-17-8/h1-7,17H/b12-6+. The fourth-order valence-corrected chi connectivity index (χ4v) is 3.60. The molecular formula is C14H8BrClN2OS2. The second-order valence-corrected chi connectivity index (χ2v) is 7.18. The number of thiocarbonyl (C=S) groups is 1. The Bertz CT molecular complexity index is 758. The number of anilines is 1. The van der Waals surface area contributed by atoms with Crippen molar-refractivity contribution < 1.29 is 4.79 Å². The Morgan fingerprint density at radius 1 is 1.38 bits per heavy atom. The van der Waals surface area contributed by atoms with Gasteiger partial charge in [0.15, 0.2) is 4.32 Å². The van der Waals surface area contributed by atoms with E-state index in [2.05, 4.69) is 20.9 Å². The molecule has 0 spiro atoms. The number of carbonyl (C=O) groups excluding carboxylic acids is 1. The molecule has 7 heteroatoms. The molecule has 1 saturated heterocycles. The summed E-state index contributed by atoms with van der Waals surface area (Å²) >= 11 is 16.0. The third-order valence-corrected chi connectivity index (χ3v) is 5.40. The van der Waals surface area contributed by atoms with E-state index in [4.69, 9.17) is 23.8 Å². The first-order valence-electron chi connectivity index (χ1n) is 5.92. The van der Waals surface area contributed by atoms with Crippen LogP contribution in [0.25, 0.3) is 6.08 Å². The van der Waals surface area contributed by atoms with E-state index in [1.165, 1.54) is 16.7 Å². The Kier molecular flexibility index (Phi) is 4.21. The maximum absolute atomic E-state index is 12.5. The highest BCUT2D eigenvalue weighted by Gasteiger charge is 2.33. The lowest BCUT2D eigenvalue weighted by Crippen LogP contribution is -2.27. The Morgan fingerprint density at radius 3 is 2.86 bits per heavy atom. The number of hydrogen-bond donors (Lipinski definition) is 1. The highest BCUT2D eigenvalue weighted by atomic mass is 79.9. The molecule has 1 aromatic carbocycles. The van der Waals surface area contributed by atoms with Crippen LogP contribution in [0.15, 0.2) is 45.9 Å². The Morgan fingerprint density at radius 2 is 2.19 bits per heavy atom. The van der Waals surface area contributed by atoms with Crippen LogP contribution >= 0.6 is 51.5 Å². The molecule has 3 nitrogen and oxygen atoms in total. The van der Waals surface area contributed by atoms with Gasteiger partial charge in [0.05, 0.1) is 15.6 Å². The number of nitrogens with zero attached hydrogens (tertiary/aromatic N) is 1. The molecule has 0 unspecified atom stereocenters. The average molecular weight is 400 g/mol. The highest BCUT2D eigenvalue weighted by molar-refractivity contribution is 9.10. The van der Waals surface area contributed by atoms with Crippen molar-refractivity contribution in [3.8, 4) is 0 Å². The van der Waals surface area contributed by atoms with E-state index in [1.54, 1.807) is 30.5 Å². The maximum Gasteiger partial charge on any atom is 0.270 e. The van der Waals surface area contributed by atoms with Crippen molar-refractivity contribution in [1.82, 2.24) is 4.98 Å². The second-order valence-electron chi connectivity index (χ2n) is 4.24. The lowest BCUT2D eigenvalue weighted by atomic mass is 10.3. The summed E-state index contributed by atoms with van der Waals surface area (Å²) in [5.41, 5.74) is 1.53. The summed E-state index contributed by atoms with van der Waals surface area (Å²) in [6.07, 6.45) is 3.60. The maximum atomic E-state index is 12.5. The zero-order chi connectivity index (χ0) is 15.0. The van der Waals surface area contributed by atoms with E-state index in [0.29, 0.717) is 19.9 Å². The second kappa shape index (κ2) is 5.96. The molecule has 0 aliphatic carbocycles. The predicted octanol–water partition coefficient (Wildman–Crippen LogP) is 4.84. The predicted molar refractivity (Wildman–Crippen MR) is 95.6 cm³/mol. The number of rotatable bonds is 2. The average Bonchev–Trinajstić information content (AvgIpc) is 3.03. The van der Waals surface area contributed by atoms with Gasteiger partial charge in [0, 0.05) is 16.4 Å². The number of carbonyl (C=O) groups is 1. The van der Waals surface area contributed by atoms with Crippen molar-refractivity contribution in [3.63, 3.8) is 0 Å². The lowest BCUT2D eigenvalue weighted by molar-refractivity contribution is -0.113. The van der Waals surface area contributed by atoms with E-state index in [9.17, 15) is 4.79 Å². The van der Waals surface area contributed by atoms with Gasteiger partial charge in [-0.1, -0.05) is 35.6 Å². The third-order valence-electron chi connectivity index (χ3n) is 2.86. The molecule has 1 aliphatic heterocycles. The summed E-state index contributed by atoms with van der Waals surface area (Å²) in [7, 11) is 0. The quantitative estimate of drug-likeness (QED) is 0.580. The lowest BCUT2D eigenvalue weighted by Gasteiger charge is -2.15. The summed E-state index contributed by atoms with van der Waals surface area (Å²) in [4.78, 5) is 17.6. The number of hydrogen-bond acceptors (Lipinski definition) is 3. The number of aromatic amines is 1. The fourth-order valence-electron chi connectivity index (χ4n) is 1.89. The van der Waals surface area contributed by atoms with Crippen LogP contribution in [0.4, 0.5) is 5.69 Å². The van der Waals surface area contributed by atoms with Gasteiger partial charge >= 0.3 is 0 Å². The van der Waals surface area contributed by atoms with Crippen molar-refractivity contribution in [2.45, 2.75) is 0 Å². The molecule has 1 fully saturated rings. The van der Waals surface area contributed by atoms with Crippen LogP contribution in [0.3, 0.4) is 0 Å². The number of H-pyrrole nitrogens is 1. The summed E-state index contributed by atoms with van der Waals surface area (Å²) in [6.45, 7) is 0. The Balaban J connectivity index is 1.95. The van der Waals surface area contributed by atoms with Crippen LogP contribution in [-0.2, 0) is 4.79 Å². The number of benzene rings is 1. The molecule has 1 aromatic heterocycles. The van der Waals surface area contributed by atoms with Crippen LogP contribution in [-0.4, -0.2) is 15.2 Å². The monoisotopic (exact) mass is 398 g/mol. The molecule has 0 saturated carbocycles. The molecule has 0 radical (unpaired) electrons. The largest absolute Gasteiger partial charge is 0.362 e. The molecular weight excluding hydrogens is 392 g/mol. The van der Waals surface area contributed by atoms with Gasteiger partial charge in [-0.2, -0.15) is 0 Å². The number of thioether (sulfide) groups is 1. The first-order valence-corrected chi connectivity index (χ1v) is 8.32. The van der Waals surface area contributed by atoms with E-state index < -0.39 is 0 Å². The van der Waals surface area contributed by atoms with Crippen LogP contribution in [0.1, 0.15) is 5.69 Å². The molecule has 1 N–H and O–H groups in total. The highest BCUT2D eigenvalue weighted by Crippen LogP contribution is 2.37. The number of nitrogens with one attached hydrogen (secondary N) is 1. The molecule has 2 heterocycles. The molecule has 1 aliphatic rings. The van der Waals surface area contributed by atoms with E-state index >= 15 is 0 Å². The van der Waals surface area contributed by atoms with Crippen LogP contribution in [0.5, 0.6) is 0 Å². The molecule has 3 rings (SSSR count). The zero-order valence-electron chi connectivity index (χ0n) is 10.5. The van der Waals surface area contributed by atoms with Crippen LogP contribution in [0, 0.1) is 0 Å². The summed E-state index contributed by atoms with van der Waals surface area (Å²) in [5, 5.41) is 0.537. The summed E-state index contributed by atoms with van der Waals surface area (Å²) < 4.78 is 1.27. The minimum atomic E-state index is -0.141. The third kappa shape index (κ3) is 2.94. The van der Waals surface area contributed by atoms with Gasteiger partial charge in [0.1, 0.15) is 0 Å². The first-order chi connectivity index (χ1) is 10.1. The fraction of sp³-hybridized carbons (Fsp3) is 0. The van der Waals surface area contributed by atoms with E-state index in [0.717, 1.165) is 10.2 Å². The molecule has 1 amide bonds. The van der Waals surface area contributed by atoms with Crippen molar-refractivity contribution in [2.75, 3.05) is 4.90 Å². The minimum absolute atomic E-state index is 0.141. The SMILES string of the molecule is O=C1/C(=C\c2ccc[nH]2)SC(=S)N1c1ccc(Br)c(Cl)c1. The Hall–Kier alpha value is -1.08. The molecule has 0 atom stereocenters. The van der Waals surface area contributed by atoms with E-state index in [1.807, 2.05) is 12.1 Å². The van der Waals surface area contributed by atoms with Gasteiger partial charge in [0.25, 0.3) is 5.91 Å². The summed E-state index contributed by atoms with van der Waals surface area (Å²) in [5.74, 6) is -0.141. The molecule has 0 bridgehead atoms. The van der Waals surface area contributed by atoms with E-state index in [-0.39, 0.29) is 5.91 Å². The zero-order valence-corrected chi connectivity index (χ0v) is 14.4. The van der Waals surface area contributed by atoms with Gasteiger partial charge in [-0.3, -0.25) is 9.69 Å². The smallest absolute Gasteiger partial charge is 0.270 e.